The molecule has 0 bridgehead atoms. The van der Waals surface area contributed by atoms with Crippen LogP contribution in [0.25, 0.3) is 0 Å². The molecule has 1 aliphatic heterocycles. The number of fused-ring (bicyclic) bond motifs is 2. The molecule has 4 heterocycles. The zero-order valence-corrected chi connectivity index (χ0v) is 23.8. The number of hydrogen-bond donors (Lipinski definition) is 2. The number of nitrogens with two attached hydrogens (primary N) is 1. The van der Waals surface area contributed by atoms with Gasteiger partial charge in [0.15, 0.2) is 12.4 Å². The van der Waals surface area contributed by atoms with E-state index in [9.17, 15) is 13.2 Å². The molecule has 1 fully saturated rings. The van der Waals surface area contributed by atoms with Crippen LogP contribution in [-0.2, 0) is 5.41 Å². The van der Waals surface area contributed by atoms with Crippen molar-refractivity contribution in [2.75, 3.05) is 68.2 Å². The van der Waals surface area contributed by atoms with Crippen molar-refractivity contribution in [1.29, 1.82) is 0 Å². The minimum absolute atomic E-state index is 0.00862. The summed E-state index contributed by atoms with van der Waals surface area (Å²) in [5.74, 6) is 0.927. The van der Waals surface area contributed by atoms with Crippen molar-refractivity contribution in [3.63, 3.8) is 0 Å². The second-order valence-electron chi connectivity index (χ2n) is 11.1. The molecular weight excluding hydrogens is 535 g/mol. The number of nitrogens with zero attached hydrogens (tertiary/aromatic N) is 7. The van der Waals surface area contributed by atoms with Crippen LogP contribution in [0.5, 0.6) is 5.88 Å². The third-order valence-corrected chi connectivity index (χ3v) is 7.60. The SMILES string of the molecule is Cc1ccc2c(n1)C1(CCCC1)CN2c1ccnc(Nc2cc(N)c(N(C)CCN(C)C)nc2OCC(F)(F)F)n1. The molecule has 0 radical (unpaired) electrons. The summed E-state index contributed by atoms with van der Waals surface area (Å²) < 4.78 is 44.4. The zero-order chi connectivity index (χ0) is 29.4. The lowest BCUT2D eigenvalue weighted by molar-refractivity contribution is -0.153. The summed E-state index contributed by atoms with van der Waals surface area (Å²) in [6.07, 6.45) is 1.54. The molecule has 0 aromatic carbocycles. The van der Waals surface area contributed by atoms with Crippen LogP contribution in [0, 0.1) is 6.92 Å². The number of rotatable bonds is 9. The van der Waals surface area contributed by atoms with Gasteiger partial charge in [0, 0.05) is 44.0 Å². The molecule has 0 amide bonds. The Hall–Kier alpha value is -3.87. The van der Waals surface area contributed by atoms with Crippen LogP contribution in [0.1, 0.15) is 37.1 Å². The van der Waals surface area contributed by atoms with Crippen molar-refractivity contribution < 1.29 is 17.9 Å². The van der Waals surface area contributed by atoms with Crippen molar-refractivity contribution in [2.45, 2.75) is 44.2 Å². The monoisotopic (exact) mass is 571 g/mol. The van der Waals surface area contributed by atoms with Gasteiger partial charge in [-0.3, -0.25) is 4.98 Å². The van der Waals surface area contributed by atoms with Crippen LogP contribution in [0.4, 0.5) is 47.8 Å². The average Bonchev–Trinajstić information content (AvgIpc) is 3.51. The van der Waals surface area contributed by atoms with Crippen molar-refractivity contribution >= 4 is 34.6 Å². The number of likely N-dealkylation sites (N-methyl/N-ethyl adjacent to an activating group) is 2. The first kappa shape index (κ1) is 28.7. The Kier molecular flexibility index (Phi) is 7.82. The largest absolute Gasteiger partial charge is 0.466 e. The van der Waals surface area contributed by atoms with E-state index < -0.39 is 12.8 Å². The van der Waals surface area contributed by atoms with Crippen molar-refractivity contribution in [3.05, 3.63) is 41.9 Å². The lowest BCUT2D eigenvalue weighted by Gasteiger charge is -2.25. The highest BCUT2D eigenvalue weighted by molar-refractivity contribution is 5.75. The number of pyridine rings is 2. The third-order valence-electron chi connectivity index (χ3n) is 7.60. The van der Waals surface area contributed by atoms with Crippen molar-refractivity contribution in [3.8, 4) is 5.88 Å². The second kappa shape index (κ2) is 11.2. The standard InChI is InChI=1S/C28H36F3N9O/c1-18-7-8-21-23(34-18)27(10-5-6-11-27)16-40(21)22-9-12-33-26(36-22)35-20-15-19(32)24(39(4)14-13-38(2)3)37-25(20)41-17-28(29,30)31/h7-9,12,15H,5-6,10-11,13-14,16-17,32H2,1-4H3,(H,33,35,36). The van der Waals surface area contributed by atoms with Crippen LogP contribution >= 0.6 is 0 Å². The fourth-order valence-corrected chi connectivity index (χ4v) is 5.57. The van der Waals surface area contributed by atoms with E-state index >= 15 is 0 Å². The number of nitrogen functional groups attached to an aromatic ring is 1. The maximum absolute atomic E-state index is 13.1. The molecule has 5 rings (SSSR count). The molecule has 0 saturated heterocycles. The van der Waals surface area contributed by atoms with E-state index in [1.807, 2.05) is 38.1 Å². The quantitative estimate of drug-likeness (QED) is 0.372. The fraction of sp³-hybridized carbons (Fsp3) is 0.500. The fourth-order valence-electron chi connectivity index (χ4n) is 5.57. The van der Waals surface area contributed by atoms with E-state index in [0.29, 0.717) is 24.7 Å². The molecule has 1 aliphatic carbocycles. The van der Waals surface area contributed by atoms with E-state index in [1.165, 1.54) is 6.07 Å². The van der Waals surface area contributed by atoms with Crippen molar-refractivity contribution in [2.24, 2.45) is 0 Å². The first-order valence-corrected chi connectivity index (χ1v) is 13.7. The average molecular weight is 572 g/mol. The summed E-state index contributed by atoms with van der Waals surface area (Å²) in [7, 11) is 5.63. The molecule has 1 spiro atoms. The lowest BCUT2D eigenvalue weighted by Crippen LogP contribution is -2.30. The van der Waals surface area contributed by atoms with Crippen LogP contribution in [-0.4, -0.2) is 78.4 Å². The van der Waals surface area contributed by atoms with Crippen molar-refractivity contribution in [1.82, 2.24) is 24.8 Å². The van der Waals surface area contributed by atoms with E-state index in [-0.39, 0.29) is 28.6 Å². The molecule has 1 saturated carbocycles. The number of aryl methyl sites for hydroxylation is 1. The van der Waals surface area contributed by atoms with Gasteiger partial charge in [-0.15, -0.1) is 0 Å². The van der Waals surface area contributed by atoms with E-state index in [1.54, 1.807) is 18.1 Å². The molecule has 41 heavy (non-hydrogen) atoms. The lowest BCUT2D eigenvalue weighted by atomic mass is 9.84. The maximum atomic E-state index is 13.1. The van der Waals surface area contributed by atoms with Gasteiger partial charge in [0.05, 0.1) is 17.1 Å². The first-order valence-electron chi connectivity index (χ1n) is 13.7. The summed E-state index contributed by atoms with van der Waals surface area (Å²) in [6.45, 7) is 2.53. The van der Waals surface area contributed by atoms with Crippen LogP contribution in [0.15, 0.2) is 30.5 Å². The molecule has 3 N–H and O–H groups in total. The number of aromatic nitrogens is 4. The predicted octanol–water partition coefficient (Wildman–Crippen LogP) is 4.80. The molecule has 10 nitrogen and oxygen atoms in total. The molecule has 2 aliphatic rings. The highest BCUT2D eigenvalue weighted by Crippen LogP contribution is 2.51. The Labute approximate surface area is 237 Å². The van der Waals surface area contributed by atoms with Gasteiger partial charge in [-0.2, -0.15) is 23.1 Å². The zero-order valence-electron chi connectivity index (χ0n) is 23.8. The topological polar surface area (TPSA) is 109 Å². The van der Waals surface area contributed by atoms with Gasteiger partial charge in [-0.05, 0) is 58.1 Å². The Balaban J connectivity index is 1.45. The van der Waals surface area contributed by atoms with Gasteiger partial charge in [-0.25, -0.2) is 4.98 Å². The molecule has 3 aromatic rings. The molecule has 3 aromatic heterocycles. The van der Waals surface area contributed by atoms with Gasteiger partial charge in [0.1, 0.15) is 11.5 Å². The second-order valence-corrected chi connectivity index (χ2v) is 11.1. The van der Waals surface area contributed by atoms with Gasteiger partial charge < -0.3 is 30.5 Å². The molecular formula is C28H36F3N9O. The highest BCUT2D eigenvalue weighted by Gasteiger charge is 2.46. The number of alkyl halides is 3. The molecule has 220 valence electrons. The number of hydrogen-bond acceptors (Lipinski definition) is 10. The van der Waals surface area contributed by atoms with Gasteiger partial charge in [0.2, 0.25) is 11.8 Å². The summed E-state index contributed by atoms with van der Waals surface area (Å²) in [5.41, 5.74) is 9.82. The third kappa shape index (κ3) is 6.24. The number of halogens is 3. The number of anilines is 6. The summed E-state index contributed by atoms with van der Waals surface area (Å²) in [6, 6.07) is 7.40. The Morgan fingerprint density at radius 3 is 2.54 bits per heavy atom. The Morgan fingerprint density at radius 2 is 1.83 bits per heavy atom. The summed E-state index contributed by atoms with van der Waals surface area (Å²) in [4.78, 5) is 24.2. The van der Waals surface area contributed by atoms with Crippen LogP contribution < -0.4 is 25.6 Å². The smallest absolute Gasteiger partial charge is 0.422 e. The molecule has 0 unspecified atom stereocenters. The van der Waals surface area contributed by atoms with Gasteiger partial charge in [-0.1, -0.05) is 12.8 Å². The minimum Gasteiger partial charge on any atom is -0.466 e. The molecule has 0 atom stereocenters. The van der Waals surface area contributed by atoms with Crippen LogP contribution in [0.3, 0.4) is 0 Å². The van der Waals surface area contributed by atoms with Gasteiger partial charge >= 0.3 is 6.18 Å². The van der Waals surface area contributed by atoms with Gasteiger partial charge in [0.25, 0.3) is 0 Å². The Bertz CT molecular complexity index is 1390. The highest BCUT2D eigenvalue weighted by atomic mass is 19.4. The normalized spacial score (nSPS) is 16.0. The van der Waals surface area contributed by atoms with E-state index in [0.717, 1.165) is 49.3 Å². The molecule has 13 heteroatoms. The summed E-state index contributed by atoms with van der Waals surface area (Å²) >= 11 is 0. The van der Waals surface area contributed by atoms with E-state index in [2.05, 4.69) is 26.3 Å². The van der Waals surface area contributed by atoms with Crippen LogP contribution in [0.2, 0.25) is 0 Å². The number of nitrogens with one attached hydrogen (secondary N) is 1. The Morgan fingerprint density at radius 1 is 1.07 bits per heavy atom. The maximum Gasteiger partial charge on any atom is 0.422 e. The predicted molar refractivity (Wildman–Crippen MR) is 153 cm³/mol. The minimum atomic E-state index is -4.54. The number of ether oxygens (including phenoxy) is 1. The first-order chi connectivity index (χ1) is 19.4. The van der Waals surface area contributed by atoms with E-state index in [4.69, 9.17) is 20.4 Å². The summed E-state index contributed by atoms with van der Waals surface area (Å²) in [5, 5.41) is 3.00.